The molecule has 1 aliphatic rings. The summed E-state index contributed by atoms with van der Waals surface area (Å²) in [5.41, 5.74) is 0.990. The summed E-state index contributed by atoms with van der Waals surface area (Å²) in [5, 5.41) is 0. The Hall–Kier alpha value is -1.44. The van der Waals surface area contributed by atoms with Gasteiger partial charge in [0.25, 0.3) is 0 Å². The summed E-state index contributed by atoms with van der Waals surface area (Å²) in [6, 6.07) is 7.62. The Labute approximate surface area is 102 Å². The molecule has 0 heterocycles. The number of ketones is 2. The molecule has 1 aliphatic carbocycles. The average Bonchev–Trinajstić information content (AvgIpc) is 2.33. The Balaban J connectivity index is 2.44. The fourth-order valence-corrected chi connectivity index (χ4v) is 2.63. The van der Waals surface area contributed by atoms with Gasteiger partial charge in [0.15, 0.2) is 5.78 Å². The average molecular weight is 230 g/mol. The highest BCUT2D eigenvalue weighted by Crippen LogP contribution is 2.37. The monoisotopic (exact) mass is 230 g/mol. The topological polar surface area (TPSA) is 34.1 Å². The summed E-state index contributed by atoms with van der Waals surface area (Å²) in [6.07, 6.45) is 1.46. The summed E-state index contributed by atoms with van der Waals surface area (Å²) in [4.78, 5) is 24.7. The molecular weight excluding hydrogens is 212 g/mol. The van der Waals surface area contributed by atoms with Gasteiger partial charge in [-0.1, -0.05) is 38.1 Å². The van der Waals surface area contributed by atoms with Crippen LogP contribution in [0.3, 0.4) is 0 Å². The van der Waals surface area contributed by atoms with E-state index in [-0.39, 0.29) is 17.5 Å². The van der Waals surface area contributed by atoms with Crippen molar-refractivity contribution in [2.24, 2.45) is 11.3 Å². The van der Waals surface area contributed by atoms with Gasteiger partial charge >= 0.3 is 0 Å². The molecule has 1 aromatic carbocycles. The maximum atomic E-state index is 12.5. The van der Waals surface area contributed by atoms with Crippen LogP contribution in [0.4, 0.5) is 0 Å². The van der Waals surface area contributed by atoms with Crippen molar-refractivity contribution in [3.05, 3.63) is 35.4 Å². The first-order chi connectivity index (χ1) is 7.97. The molecule has 17 heavy (non-hydrogen) atoms. The van der Waals surface area contributed by atoms with E-state index < -0.39 is 5.41 Å². The van der Waals surface area contributed by atoms with Crippen molar-refractivity contribution in [2.75, 3.05) is 0 Å². The molecule has 0 amide bonds. The van der Waals surface area contributed by atoms with E-state index in [0.717, 1.165) is 17.5 Å². The molecule has 1 aromatic rings. The minimum Gasteiger partial charge on any atom is -0.298 e. The van der Waals surface area contributed by atoms with Crippen molar-refractivity contribution in [1.29, 1.82) is 0 Å². The van der Waals surface area contributed by atoms with Crippen molar-refractivity contribution in [3.63, 3.8) is 0 Å². The fourth-order valence-electron chi connectivity index (χ4n) is 2.63. The number of hydrogen-bond acceptors (Lipinski definition) is 2. The van der Waals surface area contributed by atoms with E-state index >= 15 is 0 Å². The van der Waals surface area contributed by atoms with E-state index in [1.165, 1.54) is 0 Å². The minimum absolute atomic E-state index is 0.00181. The standard InChI is InChI=1S/C15H18O2/c1-10(2)13(16)15(3)9-8-11-6-4-5-7-12(11)14(15)17/h4-7,10H,8-9H2,1-3H3. The zero-order chi connectivity index (χ0) is 12.6. The van der Waals surface area contributed by atoms with Crippen LogP contribution in [0.2, 0.25) is 0 Å². The lowest BCUT2D eigenvalue weighted by Crippen LogP contribution is -2.42. The SMILES string of the molecule is CC(C)C(=O)C1(C)CCc2ccccc2C1=O. The van der Waals surface area contributed by atoms with E-state index in [1.807, 2.05) is 38.1 Å². The van der Waals surface area contributed by atoms with Gasteiger partial charge in [0.05, 0.1) is 5.41 Å². The smallest absolute Gasteiger partial charge is 0.176 e. The molecule has 90 valence electrons. The van der Waals surface area contributed by atoms with Crippen LogP contribution in [0.25, 0.3) is 0 Å². The lowest BCUT2D eigenvalue weighted by Gasteiger charge is -2.33. The predicted molar refractivity (Wildman–Crippen MR) is 67.0 cm³/mol. The molecule has 0 bridgehead atoms. The van der Waals surface area contributed by atoms with Crippen molar-refractivity contribution in [3.8, 4) is 0 Å². The third-order valence-electron chi connectivity index (χ3n) is 3.73. The highest BCUT2D eigenvalue weighted by Gasteiger charge is 2.44. The second-order valence-electron chi connectivity index (χ2n) is 5.34. The van der Waals surface area contributed by atoms with Crippen LogP contribution in [0.1, 0.15) is 43.1 Å². The normalized spacial score (nSPS) is 23.6. The summed E-state index contributed by atoms with van der Waals surface area (Å²) in [6.45, 7) is 5.52. The molecule has 0 saturated heterocycles. The fraction of sp³-hybridized carbons (Fsp3) is 0.467. The summed E-state index contributed by atoms with van der Waals surface area (Å²) in [7, 11) is 0. The van der Waals surface area contributed by atoms with Crippen molar-refractivity contribution < 1.29 is 9.59 Å². The van der Waals surface area contributed by atoms with E-state index in [1.54, 1.807) is 6.92 Å². The first-order valence-corrected chi connectivity index (χ1v) is 6.14. The van der Waals surface area contributed by atoms with Crippen LogP contribution < -0.4 is 0 Å². The summed E-state index contributed by atoms with van der Waals surface area (Å²) in [5.74, 6) is -0.0238. The van der Waals surface area contributed by atoms with Gasteiger partial charge in [-0.2, -0.15) is 0 Å². The highest BCUT2D eigenvalue weighted by molar-refractivity contribution is 6.16. The van der Waals surface area contributed by atoms with Crippen LogP contribution in [0.15, 0.2) is 24.3 Å². The molecule has 2 nitrogen and oxygen atoms in total. The number of fused-ring (bicyclic) bond motifs is 1. The molecule has 1 unspecified atom stereocenters. The predicted octanol–water partition coefficient (Wildman–Crippen LogP) is 3.05. The van der Waals surface area contributed by atoms with Crippen LogP contribution in [-0.2, 0) is 11.2 Å². The van der Waals surface area contributed by atoms with E-state index in [2.05, 4.69) is 0 Å². The molecule has 2 rings (SSSR count). The summed E-state index contributed by atoms with van der Waals surface area (Å²) < 4.78 is 0. The van der Waals surface area contributed by atoms with Gasteiger partial charge in [-0.15, -0.1) is 0 Å². The largest absolute Gasteiger partial charge is 0.298 e. The van der Waals surface area contributed by atoms with E-state index in [4.69, 9.17) is 0 Å². The highest BCUT2D eigenvalue weighted by atomic mass is 16.2. The molecule has 0 fully saturated rings. The van der Waals surface area contributed by atoms with Gasteiger partial charge in [-0.25, -0.2) is 0 Å². The molecular formula is C15H18O2. The zero-order valence-corrected chi connectivity index (χ0v) is 10.6. The van der Waals surface area contributed by atoms with Gasteiger partial charge in [0.1, 0.15) is 5.78 Å². The molecule has 1 atom stereocenters. The van der Waals surface area contributed by atoms with Crippen LogP contribution in [0, 0.1) is 11.3 Å². The van der Waals surface area contributed by atoms with Crippen molar-refractivity contribution in [1.82, 2.24) is 0 Å². The van der Waals surface area contributed by atoms with Crippen molar-refractivity contribution in [2.45, 2.75) is 33.6 Å². The minimum atomic E-state index is -0.817. The molecule has 0 aromatic heterocycles. The van der Waals surface area contributed by atoms with Crippen LogP contribution in [0.5, 0.6) is 0 Å². The molecule has 0 N–H and O–H groups in total. The molecule has 0 spiro atoms. The van der Waals surface area contributed by atoms with Crippen LogP contribution >= 0.6 is 0 Å². The number of benzene rings is 1. The number of rotatable bonds is 2. The Bertz CT molecular complexity index is 474. The van der Waals surface area contributed by atoms with E-state index in [0.29, 0.717) is 6.42 Å². The second-order valence-corrected chi connectivity index (χ2v) is 5.34. The first kappa shape index (κ1) is 12.0. The van der Waals surface area contributed by atoms with Gasteiger partial charge < -0.3 is 0 Å². The number of Topliss-reactive ketones (excluding diaryl/α,β-unsaturated/α-hetero) is 2. The summed E-state index contributed by atoms with van der Waals surface area (Å²) >= 11 is 0. The molecule has 0 saturated carbocycles. The van der Waals surface area contributed by atoms with Crippen LogP contribution in [-0.4, -0.2) is 11.6 Å². The van der Waals surface area contributed by atoms with Gasteiger partial charge in [-0.3, -0.25) is 9.59 Å². The van der Waals surface area contributed by atoms with E-state index in [9.17, 15) is 9.59 Å². The van der Waals surface area contributed by atoms with Crippen molar-refractivity contribution >= 4 is 11.6 Å². The van der Waals surface area contributed by atoms with Gasteiger partial charge in [0, 0.05) is 11.5 Å². The Kier molecular flexibility index (Phi) is 2.90. The quantitative estimate of drug-likeness (QED) is 0.732. The first-order valence-electron chi connectivity index (χ1n) is 6.14. The lowest BCUT2D eigenvalue weighted by atomic mass is 9.67. The second kappa shape index (κ2) is 4.10. The Morgan fingerprint density at radius 1 is 1.29 bits per heavy atom. The zero-order valence-electron chi connectivity index (χ0n) is 10.6. The molecule has 0 aliphatic heterocycles. The van der Waals surface area contributed by atoms with Gasteiger partial charge in [0.2, 0.25) is 0 Å². The third kappa shape index (κ3) is 1.82. The Morgan fingerprint density at radius 2 is 1.94 bits per heavy atom. The third-order valence-corrected chi connectivity index (χ3v) is 3.73. The number of carbonyl (C=O) groups excluding carboxylic acids is 2. The maximum Gasteiger partial charge on any atom is 0.176 e. The molecule has 0 radical (unpaired) electrons. The molecule has 2 heteroatoms. The number of hydrogen-bond donors (Lipinski definition) is 0. The Morgan fingerprint density at radius 3 is 2.59 bits per heavy atom. The maximum absolute atomic E-state index is 12.5. The number of carbonyl (C=O) groups is 2. The van der Waals surface area contributed by atoms with Gasteiger partial charge in [-0.05, 0) is 25.3 Å². The number of aryl methyl sites for hydroxylation is 1. The lowest BCUT2D eigenvalue weighted by molar-refractivity contribution is -0.129.